The van der Waals surface area contributed by atoms with E-state index in [2.05, 4.69) is 20.0 Å². The molecule has 0 saturated heterocycles. The molecule has 1 aliphatic rings. The molecule has 1 aliphatic carbocycles. The zero-order chi connectivity index (χ0) is 18.3. The minimum absolute atomic E-state index is 0.0661. The molecule has 1 N–H and O–H groups in total. The molecular weight excluding hydrogens is 335 g/mol. The van der Waals surface area contributed by atoms with E-state index in [1.54, 1.807) is 0 Å². The van der Waals surface area contributed by atoms with E-state index in [-0.39, 0.29) is 30.1 Å². The van der Waals surface area contributed by atoms with Crippen molar-refractivity contribution in [2.24, 2.45) is 5.41 Å². The van der Waals surface area contributed by atoms with E-state index in [1.807, 2.05) is 44.2 Å². The summed E-state index contributed by atoms with van der Waals surface area (Å²) >= 11 is 0. The number of carbonyl (C=O) groups excluding carboxylic acids is 1. The smallest absolute Gasteiger partial charge is 0.355 e. The van der Waals surface area contributed by atoms with E-state index < -0.39 is 17.5 Å². The van der Waals surface area contributed by atoms with E-state index in [4.69, 9.17) is 0 Å². The Morgan fingerprint density at radius 3 is 2.44 bits per heavy atom. The summed E-state index contributed by atoms with van der Waals surface area (Å²) in [6, 6.07) is 9.50. The Morgan fingerprint density at radius 1 is 1.28 bits per heavy atom. The molecule has 1 atom stereocenters. The summed E-state index contributed by atoms with van der Waals surface area (Å²) in [5.41, 5.74) is 0.160. The lowest BCUT2D eigenvalue weighted by Gasteiger charge is -2.20. The van der Waals surface area contributed by atoms with Crippen molar-refractivity contribution in [3.05, 3.63) is 47.6 Å². The zero-order valence-electron chi connectivity index (χ0n) is 13.9. The lowest BCUT2D eigenvalue weighted by molar-refractivity contribution is -0.159. The van der Waals surface area contributed by atoms with Crippen LogP contribution in [0.4, 0.5) is 13.2 Å². The number of aromatic nitrogens is 2. The van der Waals surface area contributed by atoms with Crippen molar-refractivity contribution in [2.45, 2.75) is 38.3 Å². The standard InChI is InChI=1S/C17H18F3N3O2/c1-15(2)10-16(15,11-6-4-3-5-7-11)13(24)21-9-8-12-22-14(25-23-12)17(18,19)20/h3-7H,8-10H2,1-2H3,(H,21,24)/t16-/m1/s1. The molecule has 1 fully saturated rings. The van der Waals surface area contributed by atoms with Crippen LogP contribution in [0.2, 0.25) is 0 Å². The number of hydrogen-bond acceptors (Lipinski definition) is 4. The van der Waals surface area contributed by atoms with Crippen LogP contribution >= 0.6 is 0 Å². The van der Waals surface area contributed by atoms with Gasteiger partial charge >= 0.3 is 12.1 Å². The van der Waals surface area contributed by atoms with Gasteiger partial charge < -0.3 is 9.84 Å². The van der Waals surface area contributed by atoms with Crippen molar-refractivity contribution in [2.75, 3.05) is 6.54 Å². The molecule has 0 unspecified atom stereocenters. The van der Waals surface area contributed by atoms with Gasteiger partial charge in [0.15, 0.2) is 5.82 Å². The van der Waals surface area contributed by atoms with E-state index in [0.29, 0.717) is 0 Å². The SMILES string of the molecule is CC1(C)C[C@]1(C(=O)NCCc1noc(C(F)(F)F)n1)c1ccccc1. The van der Waals surface area contributed by atoms with Crippen LogP contribution in [0.25, 0.3) is 0 Å². The maximum atomic E-state index is 12.7. The van der Waals surface area contributed by atoms with Crippen molar-refractivity contribution in [3.63, 3.8) is 0 Å². The molecule has 8 heteroatoms. The van der Waals surface area contributed by atoms with E-state index in [1.165, 1.54) is 0 Å². The number of halogens is 3. The van der Waals surface area contributed by atoms with Gasteiger partial charge in [0.1, 0.15) is 0 Å². The van der Waals surface area contributed by atoms with Gasteiger partial charge in [0, 0.05) is 13.0 Å². The molecule has 0 spiro atoms. The summed E-state index contributed by atoms with van der Waals surface area (Å²) in [4.78, 5) is 16.0. The fourth-order valence-electron chi connectivity index (χ4n) is 3.26. The normalized spacial score (nSPS) is 21.8. The van der Waals surface area contributed by atoms with Crippen LogP contribution < -0.4 is 5.32 Å². The van der Waals surface area contributed by atoms with Gasteiger partial charge in [0.25, 0.3) is 0 Å². The summed E-state index contributed by atoms with van der Waals surface area (Å²) in [5, 5.41) is 6.08. The summed E-state index contributed by atoms with van der Waals surface area (Å²) in [6.07, 6.45) is -3.88. The number of nitrogens with zero attached hydrogens (tertiary/aromatic N) is 2. The number of carbonyl (C=O) groups is 1. The van der Waals surface area contributed by atoms with E-state index in [0.717, 1.165) is 12.0 Å². The number of nitrogens with one attached hydrogen (secondary N) is 1. The predicted octanol–water partition coefficient (Wildman–Crippen LogP) is 3.12. The molecule has 1 aromatic heterocycles. The van der Waals surface area contributed by atoms with Gasteiger partial charge in [-0.25, -0.2) is 0 Å². The lowest BCUT2D eigenvalue weighted by Crippen LogP contribution is -2.38. The highest BCUT2D eigenvalue weighted by atomic mass is 19.4. The second-order valence-electron chi connectivity index (χ2n) is 6.85. The molecule has 134 valence electrons. The minimum atomic E-state index is -4.66. The van der Waals surface area contributed by atoms with Gasteiger partial charge in [0.05, 0.1) is 5.41 Å². The Labute approximate surface area is 142 Å². The fourth-order valence-corrected chi connectivity index (χ4v) is 3.26. The monoisotopic (exact) mass is 353 g/mol. The molecule has 0 aliphatic heterocycles. The quantitative estimate of drug-likeness (QED) is 0.897. The predicted molar refractivity (Wildman–Crippen MR) is 82.5 cm³/mol. The first-order valence-corrected chi connectivity index (χ1v) is 7.90. The highest BCUT2D eigenvalue weighted by Gasteiger charge is 2.66. The number of alkyl halides is 3. The molecule has 0 radical (unpaired) electrons. The van der Waals surface area contributed by atoms with Crippen LogP contribution in [0.1, 0.15) is 37.5 Å². The molecule has 0 bridgehead atoms. The number of rotatable bonds is 5. The largest absolute Gasteiger partial charge is 0.471 e. The molecule has 5 nitrogen and oxygen atoms in total. The Kier molecular flexibility index (Phi) is 4.09. The summed E-state index contributed by atoms with van der Waals surface area (Å²) in [5.74, 6) is -1.60. The average molecular weight is 353 g/mol. The van der Waals surface area contributed by atoms with Gasteiger partial charge in [-0.05, 0) is 17.4 Å². The topological polar surface area (TPSA) is 68.0 Å². The third-order valence-electron chi connectivity index (χ3n) is 4.74. The molecule has 1 aromatic carbocycles. The van der Waals surface area contributed by atoms with Crippen LogP contribution in [0.15, 0.2) is 34.9 Å². The molecule has 1 saturated carbocycles. The van der Waals surface area contributed by atoms with Crippen LogP contribution in [-0.4, -0.2) is 22.6 Å². The third kappa shape index (κ3) is 3.12. The lowest BCUT2D eigenvalue weighted by atomic mass is 9.87. The first kappa shape index (κ1) is 17.4. The summed E-state index contributed by atoms with van der Waals surface area (Å²) in [6.45, 7) is 4.18. The van der Waals surface area contributed by atoms with Crippen molar-refractivity contribution < 1.29 is 22.5 Å². The molecule has 1 heterocycles. The van der Waals surface area contributed by atoms with Crippen molar-refractivity contribution >= 4 is 5.91 Å². The third-order valence-corrected chi connectivity index (χ3v) is 4.74. The summed E-state index contributed by atoms with van der Waals surface area (Å²) < 4.78 is 41.4. The first-order valence-electron chi connectivity index (χ1n) is 7.90. The second kappa shape index (κ2) is 5.86. The molecule has 1 amide bonds. The highest BCUT2D eigenvalue weighted by molar-refractivity contribution is 5.93. The number of amides is 1. The Morgan fingerprint density at radius 2 is 1.92 bits per heavy atom. The van der Waals surface area contributed by atoms with Crippen LogP contribution in [-0.2, 0) is 22.8 Å². The van der Waals surface area contributed by atoms with Crippen molar-refractivity contribution in [1.29, 1.82) is 0 Å². The number of benzene rings is 1. The second-order valence-corrected chi connectivity index (χ2v) is 6.85. The highest BCUT2D eigenvalue weighted by Crippen LogP contribution is 2.64. The van der Waals surface area contributed by atoms with Crippen LogP contribution in [0.3, 0.4) is 0 Å². The maximum absolute atomic E-state index is 12.7. The average Bonchev–Trinajstić information content (AvgIpc) is 2.91. The van der Waals surface area contributed by atoms with Gasteiger partial charge in [-0.1, -0.05) is 49.3 Å². The maximum Gasteiger partial charge on any atom is 0.471 e. The van der Waals surface area contributed by atoms with Crippen molar-refractivity contribution in [3.8, 4) is 0 Å². The van der Waals surface area contributed by atoms with Crippen LogP contribution in [0, 0.1) is 5.41 Å². The Balaban J connectivity index is 1.63. The Bertz CT molecular complexity index is 771. The van der Waals surface area contributed by atoms with Gasteiger partial charge in [-0.2, -0.15) is 18.2 Å². The first-order chi connectivity index (χ1) is 11.7. The van der Waals surface area contributed by atoms with Crippen molar-refractivity contribution in [1.82, 2.24) is 15.5 Å². The zero-order valence-corrected chi connectivity index (χ0v) is 13.9. The minimum Gasteiger partial charge on any atom is -0.355 e. The van der Waals surface area contributed by atoms with E-state index in [9.17, 15) is 18.0 Å². The van der Waals surface area contributed by atoms with Crippen LogP contribution in [0.5, 0.6) is 0 Å². The molecular formula is C17H18F3N3O2. The van der Waals surface area contributed by atoms with Gasteiger partial charge in [-0.3, -0.25) is 4.79 Å². The fraction of sp³-hybridized carbons (Fsp3) is 0.471. The molecule has 2 aromatic rings. The Hall–Kier alpha value is -2.38. The van der Waals surface area contributed by atoms with Gasteiger partial charge in [-0.15, -0.1) is 0 Å². The number of hydrogen-bond donors (Lipinski definition) is 1. The molecule has 3 rings (SSSR count). The van der Waals surface area contributed by atoms with E-state index >= 15 is 0 Å². The van der Waals surface area contributed by atoms with Gasteiger partial charge in [0.2, 0.25) is 5.91 Å². The summed E-state index contributed by atoms with van der Waals surface area (Å²) in [7, 11) is 0. The molecule has 25 heavy (non-hydrogen) atoms.